The van der Waals surface area contributed by atoms with Crippen molar-refractivity contribution >= 4 is 23.5 Å². The topological polar surface area (TPSA) is 25.2 Å². The normalized spacial score (nSPS) is 32.6. The number of furan rings is 1. The molecule has 4 atom stereocenters. The molecular formula is C12H19NOS2. The van der Waals surface area contributed by atoms with Gasteiger partial charge in [-0.3, -0.25) is 0 Å². The van der Waals surface area contributed by atoms with Gasteiger partial charge >= 0.3 is 0 Å². The number of hydrogen-bond acceptors (Lipinski definition) is 4. The minimum Gasteiger partial charge on any atom is -0.468 e. The SMILES string of the molecule is CNC(c1ccco1)C1CSC(C)C(C)S1. The van der Waals surface area contributed by atoms with Crippen LogP contribution in [-0.2, 0) is 0 Å². The maximum Gasteiger partial charge on any atom is 0.121 e. The van der Waals surface area contributed by atoms with Crippen LogP contribution in [0.5, 0.6) is 0 Å². The summed E-state index contributed by atoms with van der Waals surface area (Å²) in [7, 11) is 2.01. The molecule has 2 heterocycles. The molecule has 1 N–H and O–H groups in total. The van der Waals surface area contributed by atoms with Crippen molar-refractivity contribution in [2.24, 2.45) is 0 Å². The summed E-state index contributed by atoms with van der Waals surface area (Å²) in [6.45, 7) is 4.64. The second-order valence-electron chi connectivity index (χ2n) is 4.20. The summed E-state index contributed by atoms with van der Waals surface area (Å²) in [5.41, 5.74) is 0. The number of hydrogen-bond donors (Lipinski definition) is 1. The van der Waals surface area contributed by atoms with Crippen LogP contribution in [0.1, 0.15) is 25.6 Å². The van der Waals surface area contributed by atoms with E-state index >= 15 is 0 Å². The lowest BCUT2D eigenvalue weighted by Gasteiger charge is -2.35. The van der Waals surface area contributed by atoms with E-state index < -0.39 is 0 Å². The Morgan fingerprint density at radius 2 is 2.25 bits per heavy atom. The van der Waals surface area contributed by atoms with Gasteiger partial charge in [-0.2, -0.15) is 23.5 Å². The van der Waals surface area contributed by atoms with Crippen LogP contribution >= 0.6 is 23.5 Å². The van der Waals surface area contributed by atoms with Crippen molar-refractivity contribution in [2.75, 3.05) is 12.8 Å². The van der Waals surface area contributed by atoms with Gasteiger partial charge in [-0.15, -0.1) is 0 Å². The van der Waals surface area contributed by atoms with Crippen molar-refractivity contribution in [1.82, 2.24) is 5.32 Å². The molecule has 16 heavy (non-hydrogen) atoms. The summed E-state index contributed by atoms with van der Waals surface area (Å²) >= 11 is 4.15. The molecule has 0 saturated carbocycles. The molecule has 0 bridgehead atoms. The minimum absolute atomic E-state index is 0.336. The van der Waals surface area contributed by atoms with Crippen LogP contribution < -0.4 is 5.32 Å². The molecule has 0 amide bonds. The molecule has 0 aromatic carbocycles. The Balaban J connectivity index is 2.05. The Morgan fingerprint density at radius 1 is 1.44 bits per heavy atom. The van der Waals surface area contributed by atoms with Crippen molar-refractivity contribution in [3.05, 3.63) is 24.2 Å². The van der Waals surface area contributed by atoms with Crippen molar-refractivity contribution in [3.63, 3.8) is 0 Å². The predicted octanol–water partition coefficient (Wildman–Crippen LogP) is 3.17. The monoisotopic (exact) mass is 257 g/mol. The second-order valence-corrected chi connectivity index (χ2v) is 7.23. The molecule has 2 nitrogen and oxygen atoms in total. The Labute approximate surface area is 106 Å². The van der Waals surface area contributed by atoms with E-state index in [1.54, 1.807) is 6.26 Å². The van der Waals surface area contributed by atoms with Crippen LogP contribution in [0.3, 0.4) is 0 Å². The first-order valence-electron chi connectivity index (χ1n) is 5.70. The van der Waals surface area contributed by atoms with E-state index in [1.165, 1.54) is 5.75 Å². The highest BCUT2D eigenvalue weighted by Gasteiger charge is 2.32. The molecule has 1 aliphatic rings. The standard InChI is InChI=1S/C12H19NOS2/c1-8-9(2)16-11(7-15-8)12(13-3)10-5-4-6-14-10/h4-6,8-9,11-13H,7H2,1-3H3. The zero-order valence-corrected chi connectivity index (χ0v) is 11.6. The molecular weight excluding hydrogens is 238 g/mol. The van der Waals surface area contributed by atoms with E-state index in [1.807, 2.05) is 13.1 Å². The quantitative estimate of drug-likeness (QED) is 0.899. The van der Waals surface area contributed by atoms with Crippen LogP contribution in [0.25, 0.3) is 0 Å². The van der Waals surface area contributed by atoms with Gasteiger partial charge in [0.15, 0.2) is 0 Å². The molecule has 1 aliphatic heterocycles. The van der Waals surface area contributed by atoms with Crippen LogP contribution in [0.2, 0.25) is 0 Å². The van der Waals surface area contributed by atoms with Gasteiger partial charge < -0.3 is 9.73 Å². The summed E-state index contributed by atoms with van der Waals surface area (Å²) in [4.78, 5) is 0. The molecule has 90 valence electrons. The number of nitrogens with one attached hydrogen (secondary N) is 1. The van der Waals surface area contributed by atoms with Crippen LogP contribution in [-0.4, -0.2) is 28.6 Å². The third kappa shape index (κ3) is 2.60. The fraction of sp³-hybridized carbons (Fsp3) is 0.667. The fourth-order valence-corrected chi connectivity index (χ4v) is 5.10. The molecule has 0 aliphatic carbocycles. The van der Waals surface area contributed by atoms with Crippen LogP contribution in [0, 0.1) is 0 Å². The van der Waals surface area contributed by atoms with E-state index in [4.69, 9.17) is 4.42 Å². The molecule has 1 aromatic rings. The van der Waals surface area contributed by atoms with Gasteiger partial charge in [-0.05, 0) is 19.2 Å². The Hall–Kier alpha value is -0.0600. The fourth-order valence-electron chi connectivity index (χ4n) is 1.96. The van der Waals surface area contributed by atoms with Gasteiger partial charge in [0, 0.05) is 21.5 Å². The predicted molar refractivity (Wildman–Crippen MR) is 73.3 cm³/mol. The van der Waals surface area contributed by atoms with Gasteiger partial charge in [0.1, 0.15) is 5.76 Å². The summed E-state index contributed by atoms with van der Waals surface area (Å²) in [5.74, 6) is 2.25. The smallest absolute Gasteiger partial charge is 0.121 e. The summed E-state index contributed by atoms with van der Waals surface area (Å²) < 4.78 is 5.52. The Bertz CT molecular complexity index is 315. The molecule has 0 spiro atoms. The van der Waals surface area contributed by atoms with Crippen LogP contribution in [0.15, 0.2) is 22.8 Å². The van der Waals surface area contributed by atoms with Gasteiger partial charge in [-0.1, -0.05) is 13.8 Å². The van der Waals surface area contributed by atoms with E-state index in [0.717, 1.165) is 16.3 Å². The third-order valence-electron chi connectivity index (χ3n) is 3.11. The first-order chi connectivity index (χ1) is 7.72. The molecule has 1 saturated heterocycles. The number of thioether (sulfide) groups is 2. The maximum atomic E-state index is 5.52. The Kier molecular flexibility index (Phi) is 4.27. The lowest BCUT2D eigenvalue weighted by atomic mass is 10.1. The van der Waals surface area contributed by atoms with Gasteiger partial charge in [-0.25, -0.2) is 0 Å². The molecule has 2 rings (SSSR count). The van der Waals surface area contributed by atoms with Crippen LogP contribution in [0.4, 0.5) is 0 Å². The third-order valence-corrected chi connectivity index (χ3v) is 6.60. The largest absolute Gasteiger partial charge is 0.468 e. The van der Waals surface area contributed by atoms with Crippen molar-refractivity contribution in [3.8, 4) is 0 Å². The zero-order chi connectivity index (χ0) is 11.5. The molecule has 1 aromatic heterocycles. The average molecular weight is 257 g/mol. The molecule has 4 unspecified atom stereocenters. The van der Waals surface area contributed by atoms with Gasteiger partial charge in [0.25, 0.3) is 0 Å². The first-order valence-corrected chi connectivity index (χ1v) is 7.69. The average Bonchev–Trinajstić information content (AvgIpc) is 2.78. The highest BCUT2D eigenvalue weighted by atomic mass is 32.2. The lowest BCUT2D eigenvalue weighted by Crippen LogP contribution is -2.35. The van der Waals surface area contributed by atoms with Gasteiger partial charge in [0.05, 0.1) is 12.3 Å². The maximum absolute atomic E-state index is 5.52. The van der Waals surface area contributed by atoms with Crippen molar-refractivity contribution < 1.29 is 4.42 Å². The van der Waals surface area contributed by atoms with Gasteiger partial charge in [0.2, 0.25) is 0 Å². The second kappa shape index (κ2) is 5.52. The Morgan fingerprint density at radius 3 is 2.81 bits per heavy atom. The molecule has 1 fully saturated rings. The van der Waals surface area contributed by atoms with E-state index in [9.17, 15) is 0 Å². The highest BCUT2D eigenvalue weighted by Crippen LogP contribution is 2.40. The summed E-state index contributed by atoms with van der Waals surface area (Å²) in [6, 6.07) is 4.36. The van der Waals surface area contributed by atoms with E-state index in [0.29, 0.717) is 11.3 Å². The first kappa shape index (κ1) is 12.4. The molecule has 0 radical (unpaired) electrons. The van der Waals surface area contributed by atoms with Crippen molar-refractivity contribution in [2.45, 2.75) is 35.6 Å². The highest BCUT2D eigenvalue weighted by molar-refractivity contribution is 8.07. The molecule has 4 heteroatoms. The van der Waals surface area contributed by atoms with E-state index in [-0.39, 0.29) is 0 Å². The minimum atomic E-state index is 0.336. The number of rotatable bonds is 3. The zero-order valence-electron chi connectivity index (χ0n) is 9.97. The lowest BCUT2D eigenvalue weighted by molar-refractivity contribution is 0.429. The summed E-state index contributed by atoms with van der Waals surface area (Å²) in [6.07, 6.45) is 1.76. The summed E-state index contributed by atoms with van der Waals surface area (Å²) in [5, 5.41) is 5.46. The van der Waals surface area contributed by atoms with E-state index in [2.05, 4.69) is 48.8 Å². The van der Waals surface area contributed by atoms with Crippen molar-refractivity contribution in [1.29, 1.82) is 0 Å².